The van der Waals surface area contributed by atoms with Crippen LogP contribution in [0.5, 0.6) is 0 Å². The molecule has 0 aliphatic carbocycles. The lowest BCUT2D eigenvalue weighted by Crippen LogP contribution is -2.50. The van der Waals surface area contributed by atoms with Crippen LogP contribution in [0.3, 0.4) is 0 Å². The number of aryl methyl sites for hydroxylation is 1. The largest absolute Gasteiger partial charge is 0.456 e. The SMILES string of the molecule is CCc1ccc(C(=O)NCCS(=O)(=O)N2CCN(c3ccccn3)CC2)o1. The van der Waals surface area contributed by atoms with Crippen molar-refractivity contribution in [3.63, 3.8) is 0 Å². The highest BCUT2D eigenvalue weighted by Crippen LogP contribution is 2.14. The van der Waals surface area contributed by atoms with Crippen molar-refractivity contribution in [1.82, 2.24) is 14.6 Å². The average Bonchev–Trinajstić information content (AvgIpc) is 3.18. The van der Waals surface area contributed by atoms with E-state index in [2.05, 4.69) is 15.2 Å². The molecule has 27 heavy (non-hydrogen) atoms. The van der Waals surface area contributed by atoms with Crippen molar-refractivity contribution in [2.75, 3.05) is 43.4 Å². The van der Waals surface area contributed by atoms with Crippen LogP contribution in [0, 0.1) is 0 Å². The second-order valence-corrected chi connectivity index (χ2v) is 8.35. The number of amides is 1. The molecule has 0 spiro atoms. The molecule has 0 radical (unpaired) electrons. The molecule has 0 saturated carbocycles. The Kier molecular flexibility index (Phi) is 6.12. The summed E-state index contributed by atoms with van der Waals surface area (Å²) in [6, 6.07) is 9.02. The molecule has 0 unspecified atom stereocenters. The fourth-order valence-electron chi connectivity index (χ4n) is 2.94. The molecule has 2 aromatic heterocycles. The number of hydrogen-bond acceptors (Lipinski definition) is 6. The molecule has 0 bridgehead atoms. The topological polar surface area (TPSA) is 95.8 Å². The maximum Gasteiger partial charge on any atom is 0.287 e. The molecule has 3 rings (SSSR count). The number of carbonyl (C=O) groups is 1. The fourth-order valence-corrected chi connectivity index (χ4v) is 4.27. The molecule has 0 aromatic carbocycles. The van der Waals surface area contributed by atoms with Gasteiger partial charge in [-0.05, 0) is 24.3 Å². The van der Waals surface area contributed by atoms with Crippen molar-refractivity contribution in [2.24, 2.45) is 0 Å². The van der Waals surface area contributed by atoms with Gasteiger partial charge < -0.3 is 14.6 Å². The van der Waals surface area contributed by atoms with Crippen molar-refractivity contribution in [1.29, 1.82) is 0 Å². The van der Waals surface area contributed by atoms with Crippen molar-refractivity contribution >= 4 is 21.7 Å². The van der Waals surface area contributed by atoms with E-state index in [0.29, 0.717) is 32.6 Å². The highest BCUT2D eigenvalue weighted by molar-refractivity contribution is 7.89. The lowest BCUT2D eigenvalue weighted by molar-refractivity contribution is 0.0926. The standard InChI is InChI=1S/C18H24N4O4S/c1-2-15-6-7-16(26-15)18(23)20-9-14-27(24,25)22-12-10-21(11-13-22)17-5-3-4-8-19-17/h3-8H,2,9-14H2,1H3,(H,20,23). The number of carbonyl (C=O) groups excluding carboxylic acids is 1. The van der Waals surface area contributed by atoms with E-state index in [-0.39, 0.29) is 18.1 Å². The molecule has 1 aliphatic heterocycles. The third-order valence-electron chi connectivity index (χ3n) is 4.48. The highest BCUT2D eigenvalue weighted by Gasteiger charge is 2.27. The summed E-state index contributed by atoms with van der Waals surface area (Å²) in [4.78, 5) is 18.4. The lowest BCUT2D eigenvalue weighted by atomic mass is 10.3. The predicted octanol–water partition coefficient (Wildman–Crippen LogP) is 1.12. The van der Waals surface area contributed by atoms with Crippen molar-refractivity contribution < 1.29 is 17.6 Å². The second-order valence-electron chi connectivity index (χ2n) is 6.27. The van der Waals surface area contributed by atoms with E-state index in [1.165, 1.54) is 4.31 Å². The van der Waals surface area contributed by atoms with E-state index < -0.39 is 15.9 Å². The average molecular weight is 392 g/mol. The molecule has 9 heteroatoms. The third kappa shape index (κ3) is 4.86. The van der Waals surface area contributed by atoms with E-state index in [1.807, 2.05) is 25.1 Å². The Labute approximate surface area is 159 Å². The molecule has 1 aliphatic rings. The van der Waals surface area contributed by atoms with Gasteiger partial charge in [0.15, 0.2) is 5.76 Å². The molecule has 8 nitrogen and oxygen atoms in total. The summed E-state index contributed by atoms with van der Waals surface area (Å²) in [5.41, 5.74) is 0. The van der Waals surface area contributed by atoms with E-state index >= 15 is 0 Å². The van der Waals surface area contributed by atoms with Gasteiger partial charge in [-0.15, -0.1) is 0 Å². The molecule has 0 atom stereocenters. The fraction of sp³-hybridized carbons (Fsp3) is 0.444. The number of furan rings is 1. The van der Waals surface area contributed by atoms with Crippen molar-refractivity contribution in [3.8, 4) is 0 Å². The number of sulfonamides is 1. The molecule has 1 fully saturated rings. The minimum absolute atomic E-state index is 0.0454. The Morgan fingerprint density at radius 3 is 2.59 bits per heavy atom. The van der Waals surface area contributed by atoms with Crippen LogP contribution in [-0.4, -0.2) is 62.1 Å². The molecule has 1 saturated heterocycles. The van der Waals surface area contributed by atoms with Crippen LogP contribution in [0.2, 0.25) is 0 Å². The minimum Gasteiger partial charge on any atom is -0.456 e. The molecular formula is C18H24N4O4S. The highest BCUT2D eigenvalue weighted by atomic mass is 32.2. The molecule has 1 N–H and O–H groups in total. The maximum absolute atomic E-state index is 12.5. The van der Waals surface area contributed by atoms with Crippen LogP contribution in [0.25, 0.3) is 0 Å². The number of nitrogens with one attached hydrogen (secondary N) is 1. The second kappa shape index (κ2) is 8.53. The number of rotatable bonds is 7. The lowest BCUT2D eigenvalue weighted by Gasteiger charge is -2.34. The van der Waals surface area contributed by atoms with E-state index in [9.17, 15) is 13.2 Å². The zero-order valence-electron chi connectivity index (χ0n) is 15.3. The number of nitrogens with zero attached hydrogens (tertiary/aromatic N) is 3. The van der Waals surface area contributed by atoms with Gasteiger partial charge in [-0.3, -0.25) is 4.79 Å². The van der Waals surface area contributed by atoms with Gasteiger partial charge in [0.25, 0.3) is 5.91 Å². The van der Waals surface area contributed by atoms with Gasteiger partial charge in [0, 0.05) is 45.3 Å². The normalized spacial score (nSPS) is 15.7. The monoisotopic (exact) mass is 392 g/mol. The smallest absolute Gasteiger partial charge is 0.287 e. The summed E-state index contributed by atoms with van der Waals surface area (Å²) < 4.78 is 31.9. The maximum atomic E-state index is 12.5. The number of piperazine rings is 1. The van der Waals surface area contributed by atoms with Crippen LogP contribution >= 0.6 is 0 Å². The predicted molar refractivity (Wildman–Crippen MR) is 102 cm³/mol. The Morgan fingerprint density at radius 1 is 1.19 bits per heavy atom. The molecular weight excluding hydrogens is 368 g/mol. The first-order valence-corrected chi connectivity index (χ1v) is 10.6. The van der Waals surface area contributed by atoms with Crippen LogP contribution in [0.1, 0.15) is 23.2 Å². The van der Waals surface area contributed by atoms with Crippen LogP contribution in [-0.2, 0) is 16.4 Å². The quantitative estimate of drug-likeness (QED) is 0.759. The molecule has 2 aromatic rings. The number of pyridine rings is 1. The van der Waals surface area contributed by atoms with Gasteiger partial charge in [0.2, 0.25) is 10.0 Å². The number of hydrogen-bond donors (Lipinski definition) is 1. The van der Waals surface area contributed by atoms with Gasteiger partial charge >= 0.3 is 0 Å². The van der Waals surface area contributed by atoms with Gasteiger partial charge in [-0.1, -0.05) is 13.0 Å². The Hall–Kier alpha value is -2.39. The first kappa shape index (κ1) is 19.4. The van der Waals surface area contributed by atoms with Crippen LogP contribution < -0.4 is 10.2 Å². The zero-order valence-corrected chi connectivity index (χ0v) is 16.1. The minimum atomic E-state index is -3.43. The Morgan fingerprint density at radius 2 is 1.96 bits per heavy atom. The summed E-state index contributed by atoms with van der Waals surface area (Å²) in [5.74, 6) is 1.24. The first-order chi connectivity index (χ1) is 13.0. The van der Waals surface area contributed by atoms with Gasteiger partial charge in [0.05, 0.1) is 5.75 Å². The molecule has 3 heterocycles. The molecule has 146 valence electrons. The van der Waals surface area contributed by atoms with E-state index in [0.717, 1.165) is 11.6 Å². The number of anilines is 1. The summed E-state index contributed by atoms with van der Waals surface area (Å²) >= 11 is 0. The van der Waals surface area contributed by atoms with Crippen molar-refractivity contribution in [3.05, 3.63) is 48.0 Å². The van der Waals surface area contributed by atoms with Crippen LogP contribution in [0.15, 0.2) is 40.9 Å². The summed E-state index contributed by atoms with van der Waals surface area (Å²) in [6.45, 7) is 3.98. The van der Waals surface area contributed by atoms with E-state index in [4.69, 9.17) is 4.42 Å². The summed E-state index contributed by atoms with van der Waals surface area (Å²) in [5, 5.41) is 2.61. The Bertz CT molecular complexity index is 858. The third-order valence-corrected chi connectivity index (χ3v) is 6.36. The Balaban J connectivity index is 1.47. The summed E-state index contributed by atoms with van der Waals surface area (Å²) in [6.07, 6.45) is 2.43. The van der Waals surface area contributed by atoms with Crippen LogP contribution in [0.4, 0.5) is 5.82 Å². The van der Waals surface area contributed by atoms with Gasteiger partial charge in [-0.25, -0.2) is 13.4 Å². The zero-order chi connectivity index (χ0) is 19.3. The van der Waals surface area contributed by atoms with Crippen molar-refractivity contribution in [2.45, 2.75) is 13.3 Å². The summed E-state index contributed by atoms with van der Waals surface area (Å²) in [7, 11) is -3.43. The van der Waals surface area contributed by atoms with E-state index in [1.54, 1.807) is 18.3 Å². The molecule has 1 amide bonds. The number of aromatic nitrogens is 1. The van der Waals surface area contributed by atoms with Gasteiger partial charge in [-0.2, -0.15) is 4.31 Å². The van der Waals surface area contributed by atoms with Gasteiger partial charge in [0.1, 0.15) is 11.6 Å². The first-order valence-electron chi connectivity index (χ1n) is 9.00.